The Kier molecular flexibility index (Phi) is 4.45. The largest absolute Gasteiger partial charge is 0.310 e. The molecule has 0 atom stereocenters. The summed E-state index contributed by atoms with van der Waals surface area (Å²) in [7, 11) is 0. The van der Waals surface area contributed by atoms with E-state index in [0.717, 1.165) is 0 Å². The second kappa shape index (κ2) is 7.50. The Bertz CT molecular complexity index is 1850. The van der Waals surface area contributed by atoms with Gasteiger partial charge in [-0.15, -0.1) is 0 Å². The first kappa shape index (κ1) is 19.6. The molecule has 1 aromatic heterocycles. The summed E-state index contributed by atoms with van der Waals surface area (Å²) in [4.78, 5) is 0. The second-order valence-corrected chi connectivity index (χ2v) is 8.67. The van der Waals surface area contributed by atoms with E-state index in [-0.39, 0.29) is 0 Å². The lowest BCUT2D eigenvalue weighted by Gasteiger charge is -2.12. The number of hydrogen-bond acceptors (Lipinski definition) is 0. The minimum atomic E-state index is 1.18. The van der Waals surface area contributed by atoms with E-state index in [2.05, 4.69) is 122 Å². The predicted octanol–water partition coefficient (Wildman–Crippen LogP) is 7.17. The first-order valence-corrected chi connectivity index (χ1v) is 11.4. The van der Waals surface area contributed by atoms with Gasteiger partial charge in [0.25, 0.3) is 0 Å². The number of hydrogen-bond donors (Lipinski definition) is 0. The highest BCUT2D eigenvalue weighted by Gasteiger charge is 2.14. The summed E-state index contributed by atoms with van der Waals surface area (Å²) in [5.74, 6) is 0. The van der Waals surface area contributed by atoms with Crippen LogP contribution in [0, 0.1) is 6.92 Å². The molecule has 5 aromatic carbocycles. The highest BCUT2D eigenvalue weighted by atomic mass is 15.0. The van der Waals surface area contributed by atoms with E-state index in [9.17, 15) is 0 Å². The monoisotopic (exact) mass is 423 g/mol. The van der Waals surface area contributed by atoms with Crippen molar-refractivity contribution < 1.29 is 0 Å². The number of rotatable bonds is 2. The lowest BCUT2D eigenvalue weighted by atomic mass is 9.93. The standard InChI is InChI=1S/C32H25N/c1-4-11-27-30-19-28-25-16-8-6-14-23(25)24-15-7-9-17-26(24)29(28)20-32(30)33(31(27)5-2)22-13-10-12-21(3)18-22/h4-20H,1H2,2-3H3/b27-11-,31-5+. The highest BCUT2D eigenvalue weighted by Crippen LogP contribution is 2.36. The van der Waals surface area contributed by atoms with E-state index >= 15 is 0 Å². The van der Waals surface area contributed by atoms with Gasteiger partial charge in [0, 0.05) is 21.6 Å². The van der Waals surface area contributed by atoms with Crippen LogP contribution in [0.5, 0.6) is 0 Å². The van der Waals surface area contributed by atoms with E-state index in [1.165, 1.54) is 65.0 Å². The maximum atomic E-state index is 4.01. The lowest BCUT2D eigenvalue weighted by Crippen LogP contribution is -2.27. The van der Waals surface area contributed by atoms with Crippen LogP contribution in [0.15, 0.2) is 97.6 Å². The van der Waals surface area contributed by atoms with Crippen molar-refractivity contribution in [1.29, 1.82) is 0 Å². The molecule has 0 radical (unpaired) electrons. The summed E-state index contributed by atoms with van der Waals surface area (Å²) in [5, 5.41) is 11.4. The van der Waals surface area contributed by atoms with Crippen molar-refractivity contribution >= 4 is 55.4 Å². The van der Waals surface area contributed by atoms with Gasteiger partial charge in [0.1, 0.15) is 0 Å². The molecule has 1 heteroatoms. The quantitative estimate of drug-likeness (QED) is 0.260. The van der Waals surface area contributed by atoms with Crippen LogP contribution in [0.25, 0.3) is 61.1 Å². The van der Waals surface area contributed by atoms with Crippen molar-refractivity contribution in [1.82, 2.24) is 4.57 Å². The van der Waals surface area contributed by atoms with Crippen LogP contribution in [0.1, 0.15) is 12.5 Å². The fraction of sp³-hybridized carbons (Fsp3) is 0.0625. The van der Waals surface area contributed by atoms with Crippen molar-refractivity contribution in [2.24, 2.45) is 0 Å². The molecule has 0 saturated heterocycles. The van der Waals surface area contributed by atoms with Gasteiger partial charge >= 0.3 is 0 Å². The van der Waals surface area contributed by atoms with Crippen molar-refractivity contribution in [2.75, 3.05) is 0 Å². The number of aryl methyl sites for hydroxylation is 1. The van der Waals surface area contributed by atoms with Gasteiger partial charge in [-0.25, -0.2) is 0 Å². The van der Waals surface area contributed by atoms with Crippen LogP contribution in [-0.2, 0) is 0 Å². The zero-order chi connectivity index (χ0) is 22.5. The molecule has 6 rings (SSSR count). The third-order valence-electron chi connectivity index (χ3n) is 6.73. The van der Waals surface area contributed by atoms with Crippen molar-refractivity contribution in [3.8, 4) is 5.69 Å². The summed E-state index contributed by atoms with van der Waals surface area (Å²) in [6, 6.07) is 31.0. The average molecular weight is 424 g/mol. The summed E-state index contributed by atoms with van der Waals surface area (Å²) >= 11 is 0. The van der Waals surface area contributed by atoms with Gasteiger partial charge in [-0.05, 0) is 76.0 Å². The van der Waals surface area contributed by atoms with Gasteiger partial charge in [-0.1, -0.05) is 85.5 Å². The van der Waals surface area contributed by atoms with Gasteiger partial charge in [0.05, 0.1) is 5.52 Å². The first-order valence-electron chi connectivity index (χ1n) is 11.4. The lowest BCUT2D eigenvalue weighted by molar-refractivity contribution is 1.06. The molecule has 0 saturated carbocycles. The number of fused-ring (bicyclic) bond motifs is 7. The molecule has 33 heavy (non-hydrogen) atoms. The van der Waals surface area contributed by atoms with Crippen LogP contribution in [-0.4, -0.2) is 4.57 Å². The maximum absolute atomic E-state index is 4.01. The van der Waals surface area contributed by atoms with Crippen molar-refractivity contribution in [3.05, 3.63) is 114 Å². The minimum absolute atomic E-state index is 1.18. The number of nitrogens with zero attached hydrogens (tertiary/aromatic N) is 1. The number of allylic oxidation sites excluding steroid dienone is 1. The van der Waals surface area contributed by atoms with E-state index in [1.54, 1.807) is 0 Å². The molecule has 0 unspecified atom stereocenters. The smallest absolute Gasteiger partial charge is 0.0547 e. The fourth-order valence-electron chi connectivity index (χ4n) is 5.35. The van der Waals surface area contributed by atoms with Gasteiger partial charge in [0.2, 0.25) is 0 Å². The van der Waals surface area contributed by atoms with Gasteiger partial charge in [0.15, 0.2) is 0 Å². The highest BCUT2D eigenvalue weighted by molar-refractivity contribution is 6.27. The molecule has 0 spiro atoms. The van der Waals surface area contributed by atoms with Crippen LogP contribution in [0.4, 0.5) is 0 Å². The van der Waals surface area contributed by atoms with E-state index < -0.39 is 0 Å². The number of aromatic nitrogens is 1. The SMILES string of the molecule is C=C/C=c1\c(=C/C)n(-c2cccc(C)c2)c2cc3c4ccccc4c4ccccc4c3cc12. The Labute approximate surface area is 193 Å². The predicted molar refractivity (Wildman–Crippen MR) is 145 cm³/mol. The van der Waals surface area contributed by atoms with E-state index in [1.807, 2.05) is 6.08 Å². The Morgan fingerprint density at radius 3 is 1.85 bits per heavy atom. The molecule has 6 aromatic rings. The summed E-state index contributed by atoms with van der Waals surface area (Å²) in [6.45, 7) is 8.27. The van der Waals surface area contributed by atoms with Crippen LogP contribution in [0.3, 0.4) is 0 Å². The molecule has 1 heterocycles. The Morgan fingerprint density at radius 1 is 0.667 bits per heavy atom. The average Bonchev–Trinajstić information content (AvgIpc) is 3.16. The zero-order valence-electron chi connectivity index (χ0n) is 19.0. The number of benzene rings is 5. The molecule has 1 nitrogen and oxygen atoms in total. The molecular formula is C32H25N. The first-order chi connectivity index (χ1) is 16.2. The van der Waals surface area contributed by atoms with Gasteiger partial charge < -0.3 is 4.57 Å². The molecule has 0 aliphatic heterocycles. The molecule has 158 valence electrons. The summed E-state index contributed by atoms with van der Waals surface area (Å²) in [6.07, 6.45) is 6.24. The Morgan fingerprint density at radius 2 is 1.27 bits per heavy atom. The van der Waals surface area contributed by atoms with Gasteiger partial charge in [-0.2, -0.15) is 0 Å². The molecule has 0 aliphatic rings. The molecule has 0 fully saturated rings. The third kappa shape index (κ3) is 2.86. The molecule has 0 aliphatic carbocycles. The van der Waals surface area contributed by atoms with E-state index in [4.69, 9.17) is 0 Å². The zero-order valence-corrected chi connectivity index (χ0v) is 19.0. The topological polar surface area (TPSA) is 4.93 Å². The molecule has 0 N–H and O–H groups in total. The Balaban J connectivity index is 1.93. The maximum Gasteiger partial charge on any atom is 0.0547 e. The molecule has 0 bridgehead atoms. The van der Waals surface area contributed by atoms with Crippen LogP contribution in [0.2, 0.25) is 0 Å². The van der Waals surface area contributed by atoms with E-state index in [0.29, 0.717) is 0 Å². The molecule has 0 amide bonds. The van der Waals surface area contributed by atoms with Crippen molar-refractivity contribution in [2.45, 2.75) is 13.8 Å². The minimum Gasteiger partial charge on any atom is -0.310 e. The van der Waals surface area contributed by atoms with Crippen LogP contribution < -0.4 is 10.6 Å². The van der Waals surface area contributed by atoms with Crippen LogP contribution >= 0.6 is 0 Å². The second-order valence-electron chi connectivity index (χ2n) is 8.67. The summed E-state index contributed by atoms with van der Waals surface area (Å²) in [5.41, 5.74) is 3.65. The normalized spacial score (nSPS) is 13.0. The van der Waals surface area contributed by atoms with Crippen molar-refractivity contribution in [3.63, 3.8) is 0 Å². The fourth-order valence-corrected chi connectivity index (χ4v) is 5.35. The summed E-state index contributed by atoms with van der Waals surface area (Å²) < 4.78 is 2.39. The Hall–Kier alpha value is -4.10. The third-order valence-corrected chi connectivity index (χ3v) is 6.73. The molecular weight excluding hydrogens is 398 g/mol. The van der Waals surface area contributed by atoms with Gasteiger partial charge in [-0.3, -0.25) is 0 Å².